The summed E-state index contributed by atoms with van der Waals surface area (Å²) in [6, 6.07) is 6.20. The van der Waals surface area contributed by atoms with Gasteiger partial charge in [0.15, 0.2) is 0 Å². The molecule has 2 N–H and O–H groups in total. The predicted octanol–water partition coefficient (Wildman–Crippen LogP) is 1.72. The van der Waals surface area contributed by atoms with Gasteiger partial charge < -0.3 is 10.4 Å². The Labute approximate surface area is 91.0 Å². The summed E-state index contributed by atoms with van der Waals surface area (Å²) in [5.41, 5.74) is 0.853. The van der Waals surface area contributed by atoms with Gasteiger partial charge in [0.05, 0.1) is 4.92 Å². The van der Waals surface area contributed by atoms with Crippen molar-refractivity contribution in [2.75, 3.05) is 0 Å². The van der Waals surface area contributed by atoms with E-state index in [1.165, 1.54) is 12.1 Å². The maximum Gasteiger partial charge on any atom is 0.404 e. The Morgan fingerprint density at radius 3 is 2.94 bits per heavy atom. The number of nitrogens with zero attached hydrogens (tertiary/aromatic N) is 1. The normalized spacial score (nSPS) is 22.5. The molecule has 84 valence electrons. The van der Waals surface area contributed by atoms with E-state index >= 15 is 0 Å². The zero-order chi connectivity index (χ0) is 11.7. The first-order valence-corrected chi connectivity index (χ1v) is 4.82. The lowest BCUT2D eigenvalue weighted by atomic mass is 10.1. The van der Waals surface area contributed by atoms with Crippen molar-refractivity contribution < 1.29 is 14.8 Å². The topological polar surface area (TPSA) is 92.5 Å². The molecule has 0 aliphatic heterocycles. The Morgan fingerprint density at radius 2 is 2.31 bits per heavy atom. The average Bonchev–Trinajstić information content (AvgIpc) is 2.96. The van der Waals surface area contributed by atoms with Gasteiger partial charge in [-0.1, -0.05) is 12.1 Å². The van der Waals surface area contributed by atoms with Crippen molar-refractivity contribution in [3.8, 4) is 0 Å². The molecule has 16 heavy (non-hydrogen) atoms. The van der Waals surface area contributed by atoms with Crippen molar-refractivity contribution in [3.05, 3.63) is 39.9 Å². The predicted molar refractivity (Wildman–Crippen MR) is 55.4 cm³/mol. The van der Waals surface area contributed by atoms with E-state index < -0.39 is 11.0 Å². The van der Waals surface area contributed by atoms with E-state index in [0.717, 1.165) is 5.56 Å². The smallest absolute Gasteiger partial charge is 0.404 e. The van der Waals surface area contributed by atoms with Gasteiger partial charge in [-0.3, -0.25) is 10.1 Å². The maximum atomic E-state index is 10.6. The average molecular weight is 222 g/mol. The van der Waals surface area contributed by atoms with Gasteiger partial charge in [0, 0.05) is 24.1 Å². The standard InChI is InChI=1S/C10H10N2O4/c13-10(14)11-9-5-8(9)6-2-1-3-7(4-6)12(15)16/h1-4,8-9,11H,5H2,(H,13,14)/t8-,9+/m0/s1. The fraction of sp³-hybridized carbons (Fsp3) is 0.300. The van der Waals surface area contributed by atoms with E-state index in [4.69, 9.17) is 5.11 Å². The highest BCUT2D eigenvalue weighted by Crippen LogP contribution is 2.41. The van der Waals surface area contributed by atoms with Crippen LogP contribution in [0.1, 0.15) is 17.9 Å². The van der Waals surface area contributed by atoms with Crippen LogP contribution in [0.15, 0.2) is 24.3 Å². The Kier molecular flexibility index (Phi) is 2.47. The number of rotatable bonds is 3. The molecule has 6 heteroatoms. The van der Waals surface area contributed by atoms with E-state index in [9.17, 15) is 14.9 Å². The second-order valence-electron chi connectivity index (χ2n) is 3.75. The minimum absolute atomic E-state index is 0.0403. The summed E-state index contributed by atoms with van der Waals surface area (Å²) in [6.45, 7) is 0. The number of nitro benzene ring substituents is 1. The van der Waals surface area contributed by atoms with Gasteiger partial charge >= 0.3 is 6.09 Å². The van der Waals surface area contributed by atoms with Crippen molar-refractivity contribution >= 4 is 11.8 Å². The van der Waals surface area contributed by atoms with Crippen LogP contribution in [0.4, 0.5) is 10.5 Å². The highest BCUT2D eigenvalue weighted by Gasteiger charge is 2.40. The molecule has 1 aromatic rings. The van der Waals surface area contributed by atoms with Crippen molar-refractivity contribution in [1.29, 1.82) is 0 Å². The Hall–Kier alpha value is -2.11. The summed E-state index contributed by atoms with van der Waals surface area (Å²) < 4.78 is 0. The van der Waals surface area contributed by atoms with Crippen molar-refractivity contribution in [2.24, 2.45) is 0 Å². The summed E-state index contributed by atoms with van der Waals surface area (Å²) >= 11 is 0. The summed E-state index contributed by atoms with van der Waals surface area (Å²) in [5.74, 6) is 0.0657. The molecule has 1 aliphatic rings. The number of non-ortho nitro benzene ring substituents is 1. The Bertz CT molecular complexity index is 446. The molecule has 1 aliphatic carbocycles. The highest BCUT2D eigenvalue weighted by atomic mass is 16.6. The molecular weight excluding hydrogens is 212 g/mol. The SMILES string of the molecule is O=C(O)N[C@@H]1C[C@H]1c1cccc([N+](=O)[O-])c1. The van der Waals surface area contributed by atoms with Crippen LogP contribution in [0.2, 0.25) is 0 Å². The first-order valence-electron chi connectivity index (χ1n) is 4.82. The van der Waals surface area contributed by atoms with Gasteiger partial charge in [-0.15, -0.1) is 0 Å². The highest BCUT2D eigenvalue weighted by molar-refractivity contribution is 5.66. The minimum atomic E-state index is -1.06. The number of hydrogen-bond acceptors (Lipinski definition) is 3. The van der Waals surface area contributed by atoms with E-state index in [2.05, 4.69) is 5.32 Å². The number of amides is 1. The number of carboxylic acid groups (broad SMARTS) is 1. The molecule has 0 saturated heterocycles. The largest absolute Gasteiger partial charge is 0.465 e. The molecule has 0 unspecified atom stereocenters. The molecule has 1 saturated carbocycles. The molecule has 0 heterocycles. The zero-order valence-electron chi connectivity index (χ0n) is 8.29. The van der Waals surface area contributed by atoms with Gasteiger partial charge in [-0.2, -0.15) is 0 Å². The summed E-state index contributed by atoms with van der Waals surface area (Å²) in [4.78, 5) is 20.5. The van der Waals surface area contributed by atoms with Crippen molar-refractivity contribution in [2.45, 2.75) is 18.4 Å². The minimum Gasteiger partial charge on any atom is -0.465 e. The molecule has 0 bridgehead atoms. The molecule has 2 atom stereocenters. The molecule has 6 nitrogen and oxygen atoms in total. The van der Waals surface area contributed by atoms with Gasteiger partial charge in [-0.05, 0) is 12.0 Å². The lowest BCUT2D eigenvalue weighted by molar-refractivity contribution is -0.384. The van der Waals surface area contributed by atoms with Crippen LogP contribution >= 0.6 is 0 Å². The molecular formula is C10H10N2O4. The first kappa shape index (κ1) is 10.4. The number of nitro groups is 1. The van der Waals surface area contributed by atoms with Crippen LogP contribution in [0.5, 0.6) is 0 Å². The van der Waals surface area contributed by atoms with Crippen molar-refractivity contribution in [1.82, 2.24) is 5.32 Å². The van der Waals surface area contributed by atoms with Gasteiger partial charge in [0.2, 0.25) is 0 Å². The van der Waals surface area contributed by atoms with Crippen LogP contribution in [0, 0.1) is 10.1 Å². The summed E-state index contributed by atoms with van der Waals surface area (Å²) in [5, 5.41) is 21.4. The van der Waals surface area contributed by atoms with Crippen LogP contribution in [-0.2, 0) is 0 Å². The third-order valence-electron chi connectivity index (χ3n) is 2.61. The molecule has 1 fully saturated rings. The van der Waals surface area contributed by atoms with Crippen molar-refractivity contribution in [3.63, 3.8) is 0 Å². The van der Waals surface area contributed by atoms with Crippen LogP contribution in [0.25, 0.3) is 0 Å². The van der Waals surface area contributed by atoms with Gasteiger partial charge in [0.1, 0.15) is 0 Å². The monoisotopic (exact) mass is 222 g/mol. The molecule has 2 rings (SSSR count). The van der Waals surface area contributed by atoms with E-state index in [0.29, 0.717) is 6.42 Å². The second kappa shape index (κ2) is 3.80. The van der Waals surface area contributed by atoms with Gasteiger partial charge in [0.25, 0.3) is 5.69 Å². The molecule has 0 spiro atoms. The first-order chi connectivity index (χ1) is 7.58. The van der Waals surface area contributed by atoms with E-state index in [-0.39, 0.29) is 17.6 Å². The summed E-state index contributed by atoms with van der Waals surface area (Å²) in [6.07, 6.45) is -0.356. The third kappa shape index (κ3) is 2.10. The molecule has 0 radical (unpaired) electrons. The molecule has 0 aromatic heterocycles. The fourth-order valence-corrected chi connectivity index (χ4v) is 1.75. The fourth-order valence-electron chi connectivity index (χ4n) is 1.75. The lowest BCUT2D eigenvalue weighted by Crippen LogP contribution is -2.24. The number of carbonyl (C=O) groups is 1. The number of nitrogens with one attached hydrogen (secondary N) is 1. The van der Waals surface area contributed by atoms with E-state index in [1.54, 1.807) is 12.1 Å². The van der Waals surface area contributed by atoms with Crippen LogP contribution < -0.4 is 5.32 Å². The molecule has 1 aromatic carbocycles. The third-order valence-corrected chi connectivity index (χ3v) is 2.61. The van der Waals surface area contributed by atoms with E-state index in [1.807, 2.05) is 0 Å². The Balaban J connectivity index is 2.09. The lowest BCUT2D eigenvalue weighted by Gasteiger charge is -2.00. The summed E-state index contributed by atoms with van der Waals surface area (Å²) in [7, 11) is 0. The maximum absolute atomic E-state index is 10.6. The zero-order valence-corrected chi connectivity index (χ0v) is 8.29. The van der Waals surface area contributed by atoms with Crippen LogP contribution in [-0.4, -0.2) is 22.2 Å². The quantitative estimate of drug-likeness (QED) is 0.601. The number of hydrogen-bond donors (Lipinski definition) is 2. The Morgan fingerprint density at radius 1 is 1.56 bits per heavy atom. The van der Waals surface area contributed by atoms with Gasteiger partial charge in [-0.25, -0.2) is 4.79 Å². The second-order valence-corrected chi connectivity index (χ2v) is 3.75. The van der Waals surface area contributed by atoms with Crippen LogP contribution in [0.3, 0.4) is 0 Å². The molecule has 1 amide bonds. The number of benzene rings is 1.